The third kappa shape index (κ3) is 4.42. The summed E-state index contributed by atoms with van der Waals surface area (Å²) in [6.45, 7) is 6.66. The molecule has 0 fully saturated rings. The Balaban J connectivity index is 2.19. The molecule has 0 amide bonds. The second-order valence-electron chi connectivity index (χ2n) is 7.42. The molecule has 1 N–H and O–H groups in total. The fraction of sp³-hybridized carbons (Fsp3) is 0.304. The summed E-state index contributed by atoms with van der Waals surface area (Å²) < 4.78 is 47.8. The molecule has 2 aromatic carbocycles. The number of benzene rings is 2. The van der Waals surface area contributed by atoms with E-state index in [9.17, 15) is 27.9 Å². The highest BCUT2D eigenvalue weighted by atomic mass is 19.4. The van der Waals surface area contributed by atoms with Gasteiger partial charge in [0.15, 0.2) is 5.75 Å². The van der Waals surface area contributed by atoms with E-state index in [1.807, 2.05) is 13.8 Å². The van der Waals surface area contributed by atoms with E-state index in [-0.39, 0.29) is 23.0 Å². The van der Waals surface area contributed by atoms with Crippen LogP contribution in [0.15, 0.2) is 36.4 Å². The van der Waals surface area contributed by atoms with Gasteiger partial charge in [-0.2, -0.15) is 0 Å². The highest BCUT2D eigenvalue weighted by Gasteiger charge is 2.31. The van der Waals surface area contributed by atoms with Crippen molar-refractivity contribution in [1.29, 1.82) is 0 Å². The van der Waals surface area contributed by atoms with Crippen LogP contribution in [0.3, 0.4) is 0 Å². The molecule has 0 unspecified atom stereocenters. The topological polar surface area (TPSA) is 77.8 Å². The molecule has 0 saturated heterocycles. The largest absolute Gasteiger partial charge is 0.573 e. The molecule has 0 aliphatic heterocycles. The van der Waals surface area contributed by atoms with Gasteiger partial charge >= 0.3 is 12.3 Å². The number of hydrogen-bond acceptors (Lipinski definition) is 5. The van der Waals surface area contributed by atoms with Crippen LogP contribution in [0.4, 0.5) is 13.2 Å². The number of aromatic nitrogens is 1. The van der Waals surface area contributed by atoms with Crippen molar-refractivity contribution in [3.63, 3.8) is 0 Å². The maximum atomic E-state index is 13.3. The van der Waals surface area contributed by atoms with Gasteiger partial charge in [0.1, 0.15) is 11.5 Å². The summed E-state index contributed by atoms with van der Waals surface area (Å²) in [4.78, 5) is 25.1. The zero-order chi connectivity index (χ0) is 23.8. The Bertz CT molecular complexity index is 1180. The van der Waals surface area contributed by atoms with Crippen LogP contribution < -0.4 is 9.47 Å². The molecule has 1 aromatic heterocycles. The maximum Gasteiger partial charge on any atom is 0.573 e. The van der Waals surface area contributed by atoms with Crippen molar-refractivity contribution in [3.05, 3.63) is 53.2 Å². The Morgan fingerprint density at radius 1 is 1.12 bits per heavy atom. The standard InChI is InChI=1S/C23H22F3NO5/c1-5-12(2)19-18(29)11-10-17-20(19)21(31-14(4)28)13(3)27(17)22(30)15-6-8-16(9-7-15)32-23(24,25)26/h6-12,29H,5H2,1-4H3/t12-/m0/s1. The number of carbonyl (C=O) groups is 2. The minimum absolute atomic E-state index is 0.0125. The summed E-state index contributed by atoms with van der Waals surface area (Å²) in [5.41, 5.74) is 1.38. The molecule has 0 spiro atoms. The number of phenolic OH excluding ortho intramolecular Hbond substituents is 1. The number of halogens is 3. The number of ether oxygens (including phenoxy) is 2. The predicted octanol–water partition coefficient (Wildman–Crippen LogP) is 5.68. The average Bonchev–Trinajstić information content (AvgIpc) is 2.97. The van der Waals surface area contributed by atoms with Crippen LogP contribution in [-0.4, -0.2) is 27.9 Å². The molecule has 0 radical (unpaired) electrons. The number of nitrogens with zero attached hydrogens (tertiary/aromatic N) is 1. The molecule has 0 aliphatic carbocycles. The minimum Gasteiger partial charge on any atom is -0.508 e. The maximum absolute atomic E-state index is 13.3. The first-order chi connectivity index (χ1) is 14.9. The van der Waals surface area contributed by atoms with Crippen LogP contribution in [0, 0.1) is 6.92 Å². The van der Waals surface area contributed by atoms with E-state index in [0.29, 0.717) is 28.6 Å². The Kier molecular flexibility index (Phi) is 6.20. The lowest BCUT2D eigenvalue weighted by molar-refractivity contribution is -0.274. The SMILES string of the molecule is CC[C@H](C)c1c(O)ccc2c1c(OC(C)=O)c(C)n2C(=O)c1ccc(OC(F)(F)F)cc1. The summed E-state index contributed by atoms with van der Waals surface area (Å²) in [7, 11) is 0. The molecule has 9 heteroatoms. The van der Waals surface area contributed by atoms with E-state index in [0.717, 1.165) is 12.1 Å². The molecule has 170 valence electrons. The second kappa shape index (κ2) is 8.57. The smallest absolute Gasteiger partial charge is 0.508 e. The Morgan fingerprint density at radius 3 is 2.28 bits per heavy atom. The highest BCUT2D eigenvalue weighted by Crippen LogP contribution is 2.43. The van der Waals surface area contributed by atoms with Gasteiger partial charge in [0.2, 0.25) is 0 Å². The number of hydrogen-bond donors (Lipinski definition) is 1. The summed E-state index contributed by atoms with van der Waals surface area (Å²) >= 11 is 0. The second-order valence-corrected chi connectivity index (χ2v) is 7.42. The first-order valence-corrected chi connectivity index (χ1v) is 9.90. The van der Waals surface area contributed by atoms with Crippen LogP contribution in [0.2, 0.25) is 0 Å². The van der Waals surface area contributed by atoms with Gasteiger partial charge in [0, 0.05) is 18.1 Å². The van der Waals surface area contributed by atoms with Crippen molar-refractivity contribution in [2.75, 3.05) is 0 Å². The van der Waals surface area contributed by atoms with Crippen LogP contribution >= 0.6 is 0 Å². The van der Waals surface area contributed by atoms with Crippen LogP contribution in [0.25, 0.3) is 10.9 Å². The Hall–Kier alpha value is -3.49. The van der Waals surface area contributed by atoms with Gasteiger partial charge in [-0.05, 0) is 55.7 Å². The first-order valence-electron chi connectivity index (χ1n) is 9.90. The van der Waals surface area contributed by atoms with Gasteiger partial charge in [-0.1, -0.05) is 13.8 Å². The number of fused-ring (bicyclic) bond motifs is 1. The number of rotatable bonds is 5. The fourth-order valence-electron chi connectivity index (χ4n) is 3.65. The number of carbonyl (C=O) groups excluding carboxylic acids is 2. The van der Waals surface area contributed by atoms with Crippen molar-refractivity contribution in [1.82, 2.24) is 4.57 Å². The molecule has 32 heavy (non-hydrogen) atoms. The quantitative estimate of drug-likeness (QED) is 0.507. The number of phenols is 1. The molecule has 0 saturated carbocycles. The Morgan fingerprint density at radius 2 is 1.75 bits per heavy atom. The van der Waals surface area contributed by atoms with E-state index in [1.54, 1.807) is 6.92 Å². The third-order valence-electron chi connectivity index (χ3n) is 5.22. The third-order valence-corrected chi connectivity index (χ3v) is 5.22. The van der Waals surface area contributed by atoms with Crippen molar-refractivity contribution >= 4 is 22.8 Å². The lowest BCUT2D eigenvalue weighted by atomic mass is 9.94. The molecular weight excluding hydrogens is 427 g/mol. The predicted molar refractivity (Wildman–Crippen MR) is 111 cm³/mol. The van der Waals surface area contributed by atoms with E-state index in [4.69, 9.17) is 4.74 Å². The van der Waals surface area contributed by atoms with E-state index in [1.165, 1.54) is 35.8 Å². The summed E-state index contributed by atoms with van der Waals surface area (Å²) in [6.07, 6.45) is -4.16. The summed E-state index contributed by atoms with van der Waals surface area (Å²) in [5.74, 6) is -1.51. The molecule has 3 aromatic rings. The van der Waals surface area contributed by atoms with E-state index < -0.39 is 24.0 Å². The van der Waals surface area contributed by atoms with Crippen molar-refractivity contribution in [2.45, 2.75) is 46.4 Å². The first kappa shape index (κ1) is 23.2. The van der Waals surface area contributed by atoms with Crippen LogP contribution in [0.1, 0.15) is 54.7 Å². The van der Waals surface area contributed by atoms with Gasteiger partial charge in [-0.15, -0.1) is 13.2 Å². The van der Waals surface area contributed by atoms with Crippen molar-refractivity contribution in [3.8, 4) is 17.2 Å². The molecule has 0 bridgehead atoms. The zero-order valence-electron chi connectivity index (χ0n) is 17.9. The van der Waals surface area contributed by atoms with E-state index in [2.05, 4.69) is 4.74 Å². The molecule has 6 nitrogen and oxygen atoms in total. The lowest BCUT2D eigenvalue weighted by Crippen LogP contribution is -2.17. The Labute approximate surface area is 182 Å². The van der Waals surface area contributed by atoms with Crippen LogP contribution in [0.5, 0.6) is 17.2 Å². The number of esters is 1. The van der Waals surface area contributed by atoms with Gasteiger partial charge in [0.25, 0.3) is 5.91 Å². The molecular formula is C23H22F3NO5. The van der Waals surface area contributed by atoms with Crippen molar-refractivity contribution < 1.29 is 37.3 Å². The van der Waals surface area contributed by atoms with Gasteiger partial charge in [-0.25, -0.2) is 0 Å². The molecule has 0 aliphatic rings. The monoisotopic (exact) mass is 449 g/mol. The lowest BCUT2D eigenvalue weighted by Gasteiger charge is -2.14. The fourth-order valence-corrected chi connectivity index (χ4v) is 3.65. The molecule has 1 atom stereocenters. The molecule has 3 rings (SSSR count). The molecule has 1 heterocycles. The number of aromatic hydroxyl groups is 1. The van der Waals surface area contributed by atoms with Crippen LogP contribution in [-0.2, 0) is 4.79 Å². The summed E-state index contributed by atoms with van der Waals surface area (Å²) in [5, 5.41) is 10.9. The normalized spacial score (nSPS) is 12.6. The van der Waals surface area contributed by atoms with Gasteiger partial charge in [-0.3, -0.25) is 14.2 Å². The van der Waals surface area contributed by atoms with Gasteiger partial charge in [0.05, 0.1) is 16.6 Å². The van der Waals surface area contributed by atoms with Gasteiger partial charge < -0.3 is 14.6 Å². The number of alkyl halides is 3. The average molecular weight is 449 g/mol. The highest BCUT2D eigenvalue weighted by molar-refractivity contribution is 6.07. The van der Waals surface area contributed by atoms with E-state index >= 15 is 0 Å². The van der Waals surface area contributed by atoms with Crippen molar-refractivity contribution in [2.24, 2.45) is 0 Å². The zero-order valence-corrected chi connectivity index (χ0v) is 17.9. The minimum atomic E-state index is -4.84. The summed E-state index contributed by atoms with van der Waals surface area (Å²) in [6, 6.07) is 7.53.